The molecule has 23 heavy (non-hydrogen) atoms. The summed E-state index contributed by atoms with van der Waals surface area (Å²) in [5.74, 6) is 0.516. The van der Waals surface area contributed by atoms with Crippen LogP contribution in [-0.2, 0) is 0 Å². The minimum absolute atomic E-state index is 0.0163. The molecule has 2 aromatic carbocycles. The molecule has 0 atom stereocenters. The number of benzene rings is 2. The predicted molar refractivity (Wildman–Crippen MR) is 89.1 cm³/mol. The first-order valence-corrected chi connectivity index (χ1v) is 7.39. The Morgan fingerprint density at radius 2 is 1.87 bits per heavy atom. The van der Waals surface area contributed by atoms with Gasteiger partial charge in [0.1, 0.15) is 5.58 Å². The van der Waals surface area contributed by atoms with E-state index in [1.165, 1.54) is 7.11 Å². The standard InChI is InChI=1S/C19H16O4/c1-3-15(20)13-9-10-16-14(11-13)17(21)19(22-2)18(23-16)12-7-5-4-6-8-12/h4-11H,3H2,1-2H3. The van der Waals surface area contributed by atoms with Gasteiger partial charge in [-0.2, -0.15) is 0 Å². The van der Waals surface area contributed by atoms with Gasteiger partial charge in [0, 0.05) is 17.5 Å². The molecule has 0 bridgehead atoms. The largest absolute Gasteiger partial charge is 0.490 e. The molecule has 1 aromatic heterocycles. The molecule has 0 radical (unpaired) electrons. The normalized spacial score (nSPS) is 10.7. The Kier molecular flexibility index (Phi) is 3.98. The van der Waals surface area contributed by atoms with Crippen molar-refractivity contribution in [3.63, 3.8) is 0 Å². The number of carbonyl (C=O) groups is 1. The number of Topliss-reactive ketones (excluding diaryl/α,β-unsaturated/α-hetero) is 1. The number of fused-ring (bicyclic) bond motifs is 1. The molecule has 3 rings (SSSR count). The Bertz CT molecular complexity index is 923. The zero-order chi connectivity index (χ0) is 16.4. The molecule has 4 nitrogen and oxygen atoms in total. The summed E-state index contributed by atoms with van der Waals surface area (Å²) >= 11 is 0. The molecular weight excluding hydrogens is 292 g/mol. The van der Waals surface area contributed by atoms with Gasteiger partial charge in [-0.05, 0) is 18.2 Å². The second kappa shape index (κ2) is 6.08. The van der Waals surface area contributed by atoms with E-state index in [1.807, 2.05) is 30.3 Å². The summed E-state index contributed by atoms with van der Waals surface area (Å²) < 4.78 is 11.2. The molecule has 0 spiro atoms. The first-order chi connectivity index (χ1) is 11.2. The summed E-state index contributed by atoms with van der Waals surface area (Å²) in [7, 11) is 1.44. The topological polar surface area (TPSA) is 56.5 Å². The zero-order valence-electron chi connectivity index (χ0n) is 13.0. The summed E-state index contributed by atoms with van der Waals surface area (Å²) in [4.78, 5) is 24.6. The van der Waals surface area contributed by atoms with Crippen molar-refractivity contribution in [2.75, 3.05) is 7.11 Å². The van der Waals surface area contributed by atoms with Crippen molar-refractivity contribution in [2.45, 2.75) is 13.3 Å². The average molecular weight is 308 g/mol. The fourth-order valence-electron chi connectivity index (χ4n) is 2.52. The molecular formula is C19H16O4. The van der Waals surface area contributed by atoms with Crippen molar-refractivity contribution in [3.8, 4) is 17.1 Å². The predicted octanol–water partition coefficient (Wildman–Crippen LogP) is 4.06. The molecule has 0 aliphatic carbocycles. The molecule has 0 saturated heterocycles. The van der Waals surface area contributed by atoms with E-state index in [1.54, 1.807) is 25.1 Å². The Morgan fingerprint density at radius 1 is 1.13 bits per heavy atom. The van der Waals surface area contributed by atoms with Crippen molar-refractivity contribution in [3.05, 3.63) is 64.3 Å². The fourth-order valence-corrected chi connectivity index (χ4v) is 2.52. The summed E-state index contributed by atoms with van der Waals surface area (Å²) in [5, 5.41) is 0.348. The van der Waals surface area contributed by atoms with E-state index >= 15 is 0 Å². The molecule has 0 aliphatic heterocycles. The van der Waals surface area contributed by atoms with Crippen LogP contribution in [0, 0.1) is 0 Å². The summed E-state index contributed by atoms with van der Waals surface area (Å²) in [6.45, 7) is 1.79. The van der Waals surface area contributed by atoms with Gasteiger partial charge in [-0.1, -0.05) is 37.3 Å². The molecule has 0 aliphatic rings. The first-order valence-electron chi connectivity index (χ1n) is 7.39. The van der Waals surface area contributed by atoms with E-state index in [2.05, 4.69) is 0 Å². The molecule has 0 N–H and O–H groups in total. The second-order valence-corrected chi connectivity index (χ2v) is 5.15. The highest BCUT2D eigenvalue weighted by atomic mass is 16.5. The molecule has 3 aromatic rings. The number of hydrogen-bond donors (Lipinski definition) is 0. The van der Waals surface area contributed by atoms with Crippen LogP contribution >= 0.6 is 0 Å². The van der Waals surface area contributed by atoms with Crippen LogP contribution in [0.15, 0.2) is 57.7 Å². The minimum Gasteiger partial charge on any atom is -0.490 e. The Balaban J connectivity index is 2.30. The van der Waals surface area contributed by atoms with Crippen molar-refractivity contribution in [1.29, 1.82) is 0 Å². The highest BCUT2D eigenvalue weighted by Crippen LogP contribution is 2.30. The van der Waals surface area contributed by atoms with E-state index in [0.29, 0.717) is 28.7 Å². The second-order valence-electron chi connectivity index (χ2n) is 5.15. The van der Waals surface area contributed by atoms with Gasteiger partial charge in [-0.15, -0.1) is 0 Å². The van der Waals surface area contributed by atoms with Crippen LogP contribution in [0.1, 0.15) is 23.7 Å². The third-order valence-electron chi connectivity index (χ3n) is 3.73. The van der Waals surface area contributed by atoms with Crippen LogP contribution in [0.5, 0.6) is 5.75 Å². The van der Waals surface area contributed by atoms with Crippen molar-refractivity contribution < 1.29 is 13.9 Å². The molecule has 116 valence electrons. The Morgan fingerprint density at radius 3 is 2.52 bits per heavy atom. The number of rotatable bonds is 4. The quantitative estimate of drug-likeness (QED) is 0.682. The highest BCUT2D eigenvalue weighted by Gasteiger charge is 2.17. The fraction of sp³-hybridized carbons (Fsp3) is 0.158. The van der Waals surface area contributed by atoms with E-state index in [4.69, 9.17) is 9.15 Å². The average Bonchev–Trinajstić information content (AvgIpc) is 2.61. The molecule has 0 fully saturated rings. The van der Waals surface area contributed by atoms with E-state index < -0.39 is 0 Å². The SMILES string of the molecule is CCC(=O)c1ccc2oc(-c3ccccc3)c(OC)c(=O)c2c1. The van der Waals surface area contributed by atoms with Crippen LogP contribution in [0.3, 0.4) is 0 Å². The Hall–Kier alpha value is -2.88. The first kappa shape index (κ1) is 15.0. The number of methoxy groups -OCH3 is 1. The molecule has 1 heterocycles. The van der Waals surface area contributed by atoms with Gasteiger partial charge in [0.2, 0.25) is 11.2 Å². The van der Waals surface area contributed by atoms with Gasteiger partial charge in [-0.3, -0.25) is 9.59 Å². The molecule has 0 amide bonds. The van der Waals surface area contributed by atoms with Gasteiger partial charge in [0.05, 0.1) is 12.5 Å². The van der Waals surface area contributed by atoms with E-state index in [-0.39, 0.29) is 17.0 Å². The number of carbonyl (C=O) groups excluding carboxylic acids is 1. The zero-order valence-corrected chi connectivity index (χ0v) is 13.0. The van der Waals surface area contributed by atoms with Crippen molar-refractivity contribution in [1.82, 2.24) is 0 Å². The summed E-state index contributed by atoms with van der Waals surface area (Å²) in [6.07, 6.45) is 0.385. The lowest BCUT2D eigenvalue weighted by atomic mass is 10.0. The molecule has 4 heteroatoms. The van der Waals surface area contributed by atoms with Gasteiger partial charge >= 0.3 is 0 Å². The summed E-state index contributed by atoms with van der Waals surface area (Å²) in [5.41, 5.74) is 1.42. The lowest BCUT2D eigenvalue weighted by Crippen LogP contribution is -2.08. The lowest BCUT2D eigenvalue weighted by Gasteiger charge is -2.09. The Labute approximate surface area is 133 Å². The lowest BCUT2D eigenvalue weighted by molar-refractivity contribution is 0.0988. The number of ether oxygens (including phenoxy) is 1. The van der Waals surface area contributed by atoms with E-state index in [0.717, 1.165) is 5.56 Å². The van der Waals surface area contributed by atoms with Crippen LogP contribution < -0.4 is 10.2 Å². The van der Waals surface area contributed by atoms with E-state index in [9.17, 15) is 9.59 Å². The van der Waals surface area contributed by atoms with Crippen LogP contribution in [-0.4, -0.2) is 12.9 Å². The highest BCUT2D eigenvalue weighted by molar-refractivity contribution is 5.99. The smallest absolute Gasteiger partial charge is 0.235 e. The van der Waals surface area contributed by atoms with Crippen molar-refractivity contribution >= 4 is 16.8 Å². The molecule has 0 saturated carbocycles. The number of hydrogen-bond acceptors (Lipinski definition) is 4. The maximum absolute atomic E-state index is 12.7. The van der Waals surface area contributed by atoms with Crippen LogP contribution in [0.25, 0.3) is 22.3 Å². The third kappa shape index (κ3) is 2.63. The third-order valence-corrected chi connectivity index (χ3v) is 3.73. The molecule has 0 unspecified atom stereocenters. The maximum Gasteiger partial charge on any atom is 0.235 e. The van der Waals surface area contributed by atoms with Crippen LogP contribution in [0.2, 0.25) is 0 Å². The van der Waals surface area contributed by atoms with Gasteiger partial charge in [-0.25, -0.2) is 0 Å². The minimum atomic E-state index is -0.279. The monoisotopic (exact) mass is 308 g/mol. The van der Waals surface area contributed by atoms with Gasteiger partial charge in [0.25, 0.3) is 0 Å². The van der Waals surface area contributed by atoms with Gasteiger partial charge in [0.15, 0.2) is 11.5 Å². The van der Waals surface area contributed by atoms with Gasteiger partial charge < -0.3 is 9.15 Å². The summed E-state index contributed by atoms with van der Waals surface area (Å²) in [6, 6.07) is 14.2. The van der Waals surface area contributed by atoms with Crippen LogP contribution in [0.4, 0.5) is 0 Å². The van der Waals surface area contributed by atoms with Crippen molar-refractivity contribution in [2.24, 2.45) is 0 Å². The maximum atomic E-state index is 12.7. The number of ketones is 1.